The van der Waals surface area contributed by atoms with Crippen molar-refractivity contribution in [2.75, 3.05) is 13.2 Å². The summed E-state index contributed by atoms with van der Waals surface area (Å²) < 4.78 is 26.2. The number of halogens is 2. The maximum absolute atomic E-state index is 14.1. The SMILES string of the molecule is Cc1c(C(=O)OCCOc2ccccc2)sc2ncn(Cc3c(F)cccc3Cl)c(=O)c12. The molecule has 0 saturated carbocycles. The summed E-state index contributed by atoms with van der Waals surface area (Å²) in [6, 6.07) is 13.5. The number of rotatable bonds is 7. The number of ether oxygens (including phenoxy) is 2. The molecule has 0 aliphatic rings. The van der Waals surface area contributed by atoms with Crippen molar-refractivity contribution in [3.05, 3.63) is 92.1 Å². The van der Waals surface area contributed by atoms with Crippen LogP contribution >= 0.6 is 22.9 Å². The van der Waals surface area contributed by atoms with Gasteiger partial charge in [-0.2, -0.15) is 0 Å². The van der Waals surface area contributed by atoms with Crippen molar-refractivity contribution in [1.82, 2.24) is 9.55 Å². The summed E-state index contributed by atoms with van der Waals surface area (Å²) in [7, 11) is 0. The molecule has 0 spiro atoms. The lowest BCUT2D eigenvalue weighted by molar-refractivity contribution is 0.0455. The summed E-state index contributed by atoms with van der Waals surface area (Å²) in [5.74, 6) is -0.375. The van der Waals surface area contributed by atoms with Crippen LogP contribution < -0.4 is 10.3 Å². The number of hydrogen-bond acceptors (Lipinski definition) is 6. The van der Waals surface area contributed by atoms with Gasteiger partial charge in [0.15, 0.2) is 0 Å². The topological polar surface area (TPSA) is 70.4 Å². The van der Waals surface area contributed by atoms with Crippen LogP contribution in [0.2, 0.25) is 5.02 Å². The average molecular weight is 473 g/mol. The van der Waals surface area contributed by atoms with Gasteiger partial charge in [0.25, 0.3) is 5.56 Å². The molecule has 2 heterocycles. The molecular weight excluding hydrogens is 455 g/mol. The van der Waals surface area contributed by atoms with Gasteiger partial charge in [0.05, 0.1) is 18.3 Å². The molecule has 0 atom stereocenters. The van der Waals surface area contributed by atoms with Crippen LogP contribution in [0.25, 0.3) is 10.2 Å². The molecule has 6 nitrogen and oxygen atoms in total. The quantitative estimate of drug-likeness (QED) is 0.284. The Morgan fingerprint density at radius 2 is 1.94 bits per heavy atom. The third kappa shape index (κ3) is 4.51. The highest BCUT2D eigenvalue weighted by molar-refractivity contribution is 7.20. The van der Waals surface area contributed by atoms with Crippen LogP contribution in [0.15, 0.2) is 59.7 Å². The van der Waals surface area contributed by atoms with Crippen molar-refractivity contribution in [3.63, 3.8) is 0 Å². The van der Waals surface area contributed by atoms with Crippen LogP contribution in [0.5, 0.6) is 5.75 Å². The molecule has 4 aromatic rings. The summed E-state index contributed by atoms with van der Waals surface area (Å²) in [6.45, 7) is 1.86. The Labute approximate surface area is 191 Å². The molecule has 0 amide bonds. The first-order valence-corrected chi connectivity index (χ1v) is 10.9. The molecule has 2 aromatic carbocycles. The zero-order valence-corrected chi connectivity index (χ0v) is 18.6. The number of nitrogens with zero attached hydrogens (tertiary/aromatic N) is 2. The number of aromatic nitrogens is 2. The highest BCUT2D eigenvalue weighted by Gasteiger charge is 2.21. The van der Waals surface area contributed by atoms with E-state index in [1.54, 1.807) is 13.0 Å². The first-order chi connectivity index (χ1) is 15.5. The summed E-state index contributed by atoms with van der Waals surface area (Å²) in [5.41, 5.74) is 0.295. The fourth-order valence-corrected chi connectivity index (χ4v) is 4.45. The van der Waals surface area contributed by atoms with E-state index in [9.17, 15) is 14.0 Å². The molecule has 32 heavy (non-hydrogen) atoms. The lowest BCUT2D eigenvalue weighted by Crippen LogP contribution is -2.22. The number of carbonyl (C=O) groups excluding carboxylic acids is 1. The second-order valence-corrected chi connectivity index (χ2v) is 8.32. The van der Waals surface area contributed by atoms with Crippen LogP contribution in [0.3, 0.4) is 0 Å². The number of hydrogen-bond donors (Lipinski definition) is 0. The van der Waals surface area contributed by atoms with Gasteiger partial charge in [-0.15, -0.1) is 11.3 Å². The van der Waals surface area contributed by atoms with Gasteiger partial charge in [0.2, 0.25) is 0 Å². The Morgan fingerprint density at radius 3 is 2.69 bits per heavy atom. The van der Waals surface area contributed by atoms with Gasteiger partial charge in [-0.1, -0.05) is 35.9 Å². The van der Waals surface area contributed by atoms with E-state index in [0.29, 0.717) is 26.4 Å². The Kier molecular flexibility index (Phi) is 6.53. The number of benzene rings is 2. The molecule has 4 rings (SSSR count). The molecule has 0 radical (unpaired) electrons. The van der Waals surface area contributed by atoms with Gasteiger partial charge in [-0.25, -0.2) is 14.2 Å². The molecule has 0 aliphatic carbocycles. The molecule has 0 fully saturated rings. The molecular formula is C23H18ClFN2O4S. The van der Waals surface area contributed by atoms with Gasteiger partial charge < -0.3 is 9.47 Å². The monoisotopic (exact) mass is 472 g/mol. The number of fused-ring (bicyclic) bond motifs is 1. The van der Waals surface area contributed by atoms with Crippen LogP contribution in [0, 0.1) is 12.7 Å². The minimum absolute atomic E-state index is 0.0604. The van der Waals surface area contributed by atoms with E-state index >= 15 is 0 Å². The molecule has 9 heteroatoms. The fraction of sp³-hybridized carbons (Fsp3) is 0.174. The highest BCUT2D eigenvalue weighted by atomic mass is 35.5. The van der Waals surface area contributed by atoms with E-state index < -0.39 is 11.8 Å². The molecule has 0 unspecified atom stereocenters. The Balaban J connectivity index is 1.51. The third-order valence-electron chi connectivity index (χ3n) is 4.82. The first-order valence-electron chi connectivity index (χ1n) is 9.72. The minimum Gasteiger partial charge on any atom is -0.490 e. The third-order valence-corrected chi connectivity index (χ3v) is 6.36. The summed E-state index contributed by atoms with van der Waals surface area (Å²) in [6.07, 6.45) is 1.33. The van der Waals surface area contributed by atoms with Gasteiger partial charge in [0, 0.05) is 10.6 Å². The zero-order chi connectivity index (χ0) is 22.7. The minimum atomic E-state index is -0.551. The Morgan fingerprint density at radius 1 is 1.16 bits per heavy atom. The van der Waals surface area contributed by atoms with E-state index in [2.05, 4.69) is 4.98 Å². The lowest BCUT2D eigenvalue weighted by atomic mass is 10.2. The number of thiophene rings is 1. The Bertz CT molecular complexity index is 1320. The summed E-state index contributed by atoms with van der Waals surface area (Å²) in [4.78, 5) is 30.6. The standard InChI is InChI=1S/C23H18ClFN2O4S/c1-14-19-21(26-13-27(22(19)28)12-16-17(24)8-5-9-18(16)25)32-20(14)23(29)31-11-10-30-15-6-3-2-4-7-15/h2-9,13H,10-12H2,1H3. The van der Waals surface area contributed by atoms with E-state index in [-0.39, 0.29) is 35.9 Å². The van der Waals surface area contributed by atoms with Gasteiger partial charge >= 0.3 is 5.97 Å². The fourth-order valence-electron chi connectivity index (χ4n) is 3.20. The van der Waals surface area contributed by atoms with Crippen LogP contribution in [0.1, 0.15) is 20.8 Å². The van der Waals surface area contributed by atoms with Crippen molar-refractivity contribution in [1.29, 1.82) is 0 Å². The molecule has 0 bridgehead atoms. The predicted molar refractivity (Wildman–Crippen MR) is 121 cm³/mol. The predicted octanol–water partition coefficient (Wildman–Crippen LogP) is 4.84. The van der Waals surface area contributed by atoms with Crippen molar-refractivity contribution in [3.8, 4) is 5.75 Å². The largest absolute Gasteiger partial charge is 0.490 e. The van der Waals surface area contributed by atoms with Crippen LogP contribution in [-0.4, -0.2) is 28.7 Å². The van der Waals surface area contributed by atoms with Crippen LogP contribution in [0.4, 0.5) is 4.39 Å². The van der Waals surface area contributed by atoms with Crippen molar-refractivity contribution in [2.24, 2.45) is 0 Å². The number of esters is 1. The van der Waals surface area contributed by atoms with Gasteiger partial charge in [0.1, 0.15) is 34.5 Å². The zero-order valence-electron chi connectivity index (χ0n) is 17.0. The smallest absolute Gasteiger partial charge is 0.348 e. The number of para-hydroxylation sites is 1. The summed E-state index contributed by atoms with van der Waals surface area (Å²) in [5, 5.41) is 0.526. The van der Waals surface area contributed by atoms with E-state index in [1.165, 1.54) is 23.0 Å². The maximum atomic E-state index is 14.1. The summed E-state index contributed by atoms with van der Waals surface area (Å²) >= 11 is 7.16. The van der Waals surface area contributed by atoms with Gasteiger partial charge in [-0.3, -0.25) is 9.36 Å². The van der Waals surface area contributed by atoms with E-state index in [4.69, 9.17) is 21.1 Å². The van der Waals surface area contributed by atoms with E-state index in [1.807, 2.05) is 30.3 Å². The lowest BCUT2D eigenvalue weighted by Gasteiger charge is -2.08. The normalized spacial score (nSPS) is 11.0. The molecule has 2 aromatic heterocycles. The highest BCUT2D eigenvalue weighted by Crippen LogP contribution is 2.28. The number of carbonyl (C=O) groups is 1. The van der Waals surface area contributed by atoms with Crippen molar-refractivity contribution < 1.29 is 18.7 Å². The van der Waals surface area contributed by atoms with E-state index in [0.717, 1.165) is 11.3 Å². The van der Waals surface area contributed by atoms with Crippen molar-refractivity contribution in [2.45, 2.75) is 13.5 Å². The molecule has 0 saturated heterocycles. The molecule has 0 aliphatic heterocycles. The van der Waals surface area contributed by atoms with Crippen LogP contribution in [-0.2, 0) is 11.3 Å². The average Bonchev–Trinajstić information content (AvgIpc) is 3.13. The maximum Gasteiger partial charge on any atom is 0.348 e. The second-order valence-electron chi connectivity index (χ2n) is 6.91. The van der Waals surface area contributed by atoms with Gasteiger partial charge in [-0.05, 0) is 36.8 Å². The molecule has 0 N–H and O–H groups in total. The van der Waals surface area contributed by atoms with Crippen molar-refractivity contribution >= 4 is 39.1 Å². The Hall–Kier alpha value is -3.23. The second kappa shape index (κ2) is 9.50. The first kappa shape index (κ1) is 22.0. The number of aryl methyl sites for hydroxylation is 1. The molecule has 164 valence electrons.